The third-order valence-electron chi connectivity index (χ3n) is 9.10. The fraction of sp³-hybridized carbons (Fsp3) is 0.348. The topological polar surface area (TPSA) is 0 Å². The number of benzene rings is 4. The van der Waals surface area contributed by atoms with Crippen LogP contribution in [0.3, 0.4) is 0 Å². The van der Waals surface area contributed by atoms with Crippen LogP contribution in [0.15, 0.2) is 109 Å². The van der Waals surface area contributed by atoms with Gasteiger partial charge in [-0.2, -0.15) is 12.1 Å². The maximum atomic E-state index is 4.93. The van der Waals surface area contributed by atoms with Gasteiger partial charge in [0.2, 0.25) is 0 Å². The fourth-order valence-corrected chi connectivity index (χ4v) is 7.16. The van der Waals surface area contributed by atoms with Crippen molar-refractivity contribution in [2.45, 2.75) is 106 Å². The van der Waals surface area contributed by atoms with E-state index in [2.05, 4.69) is 178 Å². The summed E-state index contributed by atoms with van der Waals surface area (Å²) in [5, 5.41) is 8.57. The molecule has 6 aromatic rings. The van der Waals surface area contributed by atoms with Crippen molar-refractivity contribution in [1.29, 1.82) is 0 Å². The van der Waals surface area contributed by atoms with Crippen LogP contribution in [0.5, 0.6) is 0 Å². The fourth-order valence-electron chi connectivity index (χ4n) is 6.11. The Bertz CT molecular complexity index is 1710. The minimum Gasteiger partial charge on any atom is -0.0631 e. The second-order valence-electron chi connectivity index (χ2n) is 14.2. The molecule has 0 heterocycles. The van der Waals surface area contributed by atoms with Gasteiger partial charge >= 0.3 is 37.9 Å². The summed E-state index contributed by atoms with van der Waals surface area (Å²) < 4.78 is 0. The quantitative estimate of drug-likeness (QED) is 0.106. The van der Waals surface area contributed by atoms with E-state index in [4.69, 9.17) is 17.0 Å². The Labute approximate surface area is 325 Å². The molecule has 0 aliphatic rings. The third kappa shape index (κ3) is 12.5. The molecule has 0 aliphatic heterocycles. The van der Waals surface area contributed by atoms with Gasteiger partial charge in [-0.15, -0.1) is 56.9 Å². The van der Waals surface area contributed by atoms with Crippen LogP contribution in [0.25, 0.3) is 21.5 Å². The summed E-state index contributed by atoms with van der Waals surface area (Å²) in [6.07, 6.45) is 2.26. The molecule has 6 aromatic carbocycles. The van der Waals surface area contributed by atoms with Gasteiger partial charge in [-0.3, -0.25) is 0 Å². The smallest absolute Gasteiger partial charge is 0.0631 e. The van der Waals surface area contributed by atoms with E-state index in [1.807, 2.05) is 0 Å². The maximum Gasteiger partial charge on any atom is 0.121 e. The first-order chi connectivity index (χ1) is 23.9. The minimum absolute atomic E-state index is 0.600. The van der Waals surface area contributed by atoms with Crippen LogP contribution in [0.1, 0.15) is 126 Å². The van der Waals surface area contributed by atoms with Gasteiger partial charge in [-0.05, 0) is 36.5 Å². The Morgan fingerprint density at radius 2 is 0.860 bits per heavy atom. The second-order valence-corrected chi connectivity index (χ2v) is 19.3. The molecule has 0 N–H and O–H groups in total. The van der Waals surface area contributed by atoms with Crippen LogP contribution < -0.4 is 10.4 Å². The molecule has 2 radical (unpaired) electrons. The average Bonchev–Trinajstić information content (AvgIpc) is 3.73. The van der Waals surface area contributed by atoms with Gasteiger partial charge in [0.15, 0.2) is 0 Å². The van der Waals surface area contributed by atoms with Crippen molar-refractivity contribution in [2.75, 3.05) is 0 Å². The van der Waals surface area contributed by atoms with Crippen LogP contribution in [0, 0.1) is 0 Å². The zero-order valence-corrected chi connectivity index (χ0v) is 36.8. The summed E-state index contributed by atoms with van der Waals surface area (Å²) in [5.74, 6) is 2.42. The van der Waals surface area contributed by atoms with Crippen molar-refractivity contribution >= 4 is 58.5 Å². The van der Waals surface area contributed by atoms with Crippen LogP contribution >= 0.6 is 17.0 Å². The van der Waals surface area contributed by atoms with Crippen molar-refractivity contribution in [3.63, 3.8) is 0 Å². The zero-order chi connectivity index (χ0) is 36.8. The second kappa shape index (κ2) is 21.3. The van der Waals surface area contributed by atoms with Gasteiger partial charge in [0.1, 0.15) is 9.52 Å². The number of aryl methyl sites for hydroxylation is 2. The molecule has 4 heteroatoms. The van der Waals surface area contributed by atoms with Crippen LogP contribution in [0.2, 0.25) is 0 Å². The summed E-state index contributed by atoms with van der Waals surface area (Å²) in [5.41, 5.74) is 8.87. The Kier molecular flexibility index (Phi) is 18.0. The van der Waals surface area contributed by atoms with Crippen molar-refractivity contribution in [2.24, 2.45) is 0 Å². The number of halogens is 2. The molecular formula is C46H56Cl2SiZr. The van der Waals surface area contributed by atoms with E-state index in [0.29, 0.717) is 23.7 Å². The maximum absolute atomic E-state index is 4.93. The Morgan fingerprint density at radius 1 is 0.520 bits per heavy atom. The molecule has 262 valence electrons. The number of hydrogen-bond donors (Lipinski definition) is 0. The standard InChI is InChI=1S/2C17H23.C12H10Si.2ClH.Zr/c2*1-6-13-7-15-9-14(11(2)3)10-16(12(4)5)17(15)8-13;1-3-7-11(8-4-1)13-12-9-5-2-6-10-12;;;/h2*7-12H,6H2,1-5H3;1-10H;2*1H;/q2*-1;;;;+4/p-2. The summed E-state index contributed by atoms with van der Waals surface area (Å²) in [6, 6.07) is 40.1. The van der Waals surface area contributed by atoms with Gasteiger partial charge in [-0.25, -0.2) is 0 Å². The molecule has 0 nitrogen and oxygen atoms in total. The van der Waals surface area contributed by atoms with Crippen molar-refractivity contribution in [3.8, 4) is 0 Å². The van der Waals surface area contributed by atoms with E-state index in [1.165, 1.54) is 65.3 Å². The average molecular weight is 799 g/mol. The van der Waals surface area contributed by atoms with Gasteiger partial charge in [0.05, 0.1) is 0 Å². The molecule has 0 saturated heterocycles. The minimum atomic E-state index is -0.826. The molecule has 0 bridgehead atoms. The monoisotopic (exact) mass is 796 g/mol. The summed E-state index contributed by atoms with van der Waals surface area (Å²) >= 11 is -0.826. The number of rotatable bonds is 8. The summed E-state index contributed by atoms with van der Waals surface area (Å²) in [7, 11) is 10.6. The Morgan fingerprint density at radius 3 is 1.14 bits per heavy atom. The molecule has 0 unspecified atom stereocenters. The molecule has 0 fully saturated rings. The van der Waals surface area contributed by atoms with E-state index in [9.17, 15) is 0 Å². The predicted molar refractivity (Wildman–Crippen MR) is 224 cm³/mol. The van der Waals surface area contributed by atoms with E-state index in [0.717, 1.165) is 22.4 Å². The van der Waals surface area contributed by atoms with Crippen LogP contribution in [-0.2, 0) is 33.7 Å². The van der Waals surface area contributed by atoms with Gasteiger partial charge in [-0.1, -0.05) is 175 Å². The zero-order valence-electron chi connectivity index (χ0n) is 31.9. The van der Waals surface area contributed by atoms with E-state index >= 15 is 0 Å². The molecular weight excluding hydrogens is 743 g/mol. The molecule has 0 spiro atoms. The largest absolute Gasteiger partial charge is 0.121 e. The molecule has 0 saturated carbocycles. The Balaban J connectivity index is 0.000000197. The van der Waals surface area contributed by atoms with E-state index in [-0.39, 0.29) is 0 Å². The van der Waals surface area contributed by atoms with Gasteiger partial charge in [0.25, 0.3) is 0 Å². The number of fused-ring (bicyclic) bond motifs is 2. The van der Waals surface area contributed by atoms with E-state index in [1.54, 1.807) is 0 Å². The van der Waals surface area contributed by atoms with Crippen molar-refractivity contribution in [3.05, 3.63) is 143 Å². The SMILES string of the molecule is CCc1cc2c(C(C)C)cc(C(C)C)cc2[cH-]1.CCc1cc2c(C(C)C)cc(C(C)C)cc2[cH-]1.[Cl][Zr+2][Cl].c1ccc([Si]c2ccccc2)cc1. The summed E-state index contributed by atoms with van der Waals surface area (Å²) in [4.78, 5) is 0. The van der Waals surface area contributed by atoms with Gasteiger partial charge < -0.3 is 0 Å². The molecule has 0 aromatic heterocycles. The van der Waals surface area contributed by atoms with Crippen LogP contribution in [-0.4, -0.2) is 9.52 Å². The predicted octanol–water partition coefficient (Wildman–Crippen LogP) is 13.5. The van der Waals surface area contributed by atoms with Crippen molar-refractivity contribution < 1.29 is 20.8 Å². The molecule has 0 aliphatic carbocycles. The normalized spacial score (nSPS) is 10.9. The molecule has 50 heavy (non-hydrogen) atoms. The first kappa shape index (κ1) is 42.2. The van der Waals surface area contributed by atoms with E-state index < -0.39 is 20.8 Å². The third-order valence-corrected chi connectivity index (χ3v) is 10.3. The molecule has 6 rings (SSSR count). The molecule has 0 amide bonds. The van der Waals surface area contributed by atoms with Gasteiger partial charge in [0, 0.05) is 0 Å². The molecule has 0 atom stereocenters. The first-order valence-electron chi connectivity index (χ1n) is 18.2. The Hall–Kier alpha value is -2.22. The van der Waals surface area contributed by atoms with Crippen LogP contribution in [0.4, 0.5) is 0 Å². The summed E-state index contributed by atoms with van der Waals surface area (Å²) in [6.45, 7) is 22.7. The van der Waals surface area contributed by atoms with Crippen molar-refractivity contribution in [1.82, 2.24) is 0 Å². The first-order valence-corrected chi connectivity index (χ1v) is 25.5. The number of hydrogen-bond acceptors (Lipinski definition) is 0.